The summed E-state index contributed by atoms with van der Waals surface area (Å²) in [6.07, 6.45) is 2.19. The average Bonchev–Trinajstić information content (AvgIpc) is 3.45. The molecule has 3 aromatic rings. The van der Waals surface area contributed by atoms with E-state index < -0.39 is 0 Å². The first-order chi connectivity index (χ1) is 14.5. The highest BCUT2D eigenvalue weighted by Gasteiger charge is 2.24. The smallest absolute Gasteiger partial charge is 0.275 e. The Bertz CT molecular complexity index is 995. The van der Waals surface area contributed by atoms with E-state index in [-0.39, 0.29) is 5.91 Å². The van der Waals surface area contributed by atoms with Gasteiger partial charge in [0.15, 0.2) is 0 Å². The van der Waals surface area contributed by atoms with Gasteiger partial charge in [0.25, 0.3) is 5.91 Å². The number of hydrogen-bond donors (Lipinski definition) is 1. The first-order valence-electron chi connectivity index (χ1n) is 10.4. The summed E-state index contributed by atoms with van der Waals surface area (Å²) in [5, 5.41) is 5.65. The molecule has 1 N–H and O–H groups in total. The molecule has 1 saturated heterocycles. The maximum Gasteiger partial charge on any atom is 0.275 e. The second kappa shape index (κ2) is 8.98. The molecule has 1 unspecified atom stereocenters. The molecule has 1 atom stereocenters. The zero-order valence-electron chi connectivity index (χ0n) is 17.8. The molecular formula is C24H28N4OS. The van der Waals surface area contributed by atoms with Gasteiger partial charge in [0.2, 0.25) is 0 Å². The number of carbonyl (C=O) groups excluding carboxylic acids is 1. The lowest BCUT2D eigenvalue weighted by Gasteiger charge is -2.22. The zero-order chi connectivity index (χ0) is 21.1. The van der Waals surface area contributed by atoms with Crippen LogP contribution in [-0.2, 0) is 6.42 Å². The van der Waals surface area contributed by atoms with Crippen molar-refractivity contribution in [1.29, 1.82) is 0 Å². The Morgan fingerprint density at radius 1 is 1.17 bits per heavy atom. The molecule has 30 heavy (non-hydrogen) atoms. The van der Waals surface area contributed by atoms with E-state index in [1.807, 2.05) is 17.5 Å². The van der Waals surface area contributed by atoms with Crippen LogP contribution in [0.25, 0.3) is 10.6 Å². The molecule has 2 aromatic carbocycles. The van der Waals surface area contributed by atoms with Crippen molar-refractivity contribution in [2.75, 3.05) is 37.4 Å². The Balaban J connectivity index is 1.39. The Labute approximate surface area is 182 Å². The highest BCUT2D eigenvalue weighted by molar-refractivity contribution is 7.13. The van der Waals surface area contributed by atoms with Crippen LogP contribution in [0, 0.1) is 0 Å². The van der Waals surface area contributed by atoms with E-state index in [9.17, 15) is 4.79 Å². The predicted octanol–water partition coefficient (Wildman–Crippen LogP) is 4.77. The molecule has 0 spiro atoms. The van der Waals surface area contributed by atoms with Crippen LogP contribution < -0.4 is 10.2 Å². The van der Waals surface area contributed by atoms with E-state index in [4.69, 9.17) is 0 Å². The van der Waals surface area contributed by atoms with Gasteiger partial charge in [0.05, 0.1) is 0 Å². The lowest BCUT2D eigenvalue weighted by Crippen LogP contribution is -2.31. The molecule has 1 aliphatic rings. The SMILES string of the molecule is CCc1ccc(-c2nc(C(=O)Nc3ccc(N4CCC(N(C)C)C4)cc3)cs2)cc1. The molecule has 4 rings (SSSR count). The van der Waals surface area contributed by atoms with Gasteiger partial charge in [-0.1, -0.05) is 31.2 Å². The fourth-order valence-corrected chi connectivity index (χ4v) is 4.55. The number of aryl methyl sites for hydroxylation is 1. The van der Waals surface area contributed by atoms with Crippen molar-refractivity contribution in [3.8, 4) is 10.6 Å². The van der Waals surface area contributed by atoms with Crippen molar-refractivity contribution in [2.45, 2.75) is 25.8 Å². The van der Waals surface area contributed by atoms with Crippen LogP contribution in [0.4, 0.5) is 11.4 Å². The predicted molar refractivity (Wildman–Crippen MR) is 126 cm³/mol. The third kappa shape index (κ3) is 4.55. The van der Waals surface area contributed by atoms with Crippen molar-refractivity contribution in [3.05, 3.63) is 65.2 Å². The molecule has 1 aromatic heterocycles. The van der Waals surface area contributed by atoms with Crippen LogP contribution in [0.5, 0.6) is 0 Å². The normalized spacial score (nSPS) is 16.3. The number of nitrogens with zero attached hydrogens (tertiary/aromatic N) is 3. The molecule has 5 nitrogen and oxygen atoms in total. The first-order valence-corrected chi connectivity index (χ1v) is 11.3. The van der Waals surface area contributed by atoms with Crippen molar-refractivity contribution in [1.82, 2.24) is 9.88 Å². The van der Waals surface area contributed by atoms with E-state index in [1.54, 1.807) is 0 Å². The largest absolute Gasteiger partial charge is 0.370 e. The molecule has 6 heteroatoms. The summed E-state index contributed by atoms with van der Waals surface area (Å²) < 4.78 is 0. The van der Waals surface area contributed by atoms with Gasteiger partial charge in [-0.3, -0.25) is 4.79 Å². The van der Waals surface area contributed by atoms with Gasteiger partial charge in [0.1, 0.15) is 10.7 Å². The number of rotatable bonds is 6. The maximum atomic E-state index is 12.6. The van der Waals surface area contributed by atoms with E-state index >= 15 is 0 Å². The molecule has 0 saturated carbocycles. The second-order valence-corrected chi connectivity index (χ2v) is 8.80. The lowest BCUT2D eigenvalue weighted by molar-refractivity contribution is 0.102. The third-order valence-corrected chi connectivity index (χ3v) is 6.62. The average molecular weight is 421 g/mol. The molecule has 1 fully saturated rings. The number of carbonyl (C=O) groups is 1. The lowest BCUT2D eigenvalue weighted by atomic mass is 10.1. The number of amides is 1. The van der Waals surface area contributed by atoms with Crippen molar-refractivity contribution in [3.63, 3.8) is 0 Å². The quantitative estimate of drug-likeness (QED) is 0.624. The topological polar surface area (TPSA) is 48.5 Å². The van der Waals surface area contributed by atoms with Crippen LogP contribution in [0.1, 0.15) is 29.4 Å². The standard InChI is InChI=1S/C24H28N4OS/c1-4-17-5-7-18(8-6-17)24-26-22(16-30-24)23(29)25-19-9-11-20(12-10-19)28-14-13-21(15-28)27(2)3/h5-12,16,21H,4,13-15H2,1-3H3,(H,25,29). The molecular weight excluding hydrogens is 392 g/mol. The van der Waals surface area contributed by atoms with Crippen LogP contribution in [-0.4, -0.2) is 49.0 Å². The van der Waals surface area contributed by atoms with Crippen molar-refractivity contribution in [2.24, 2.45) is 0 Å². The van der Waals surface area contributed by atoms with Gasteiger partial charge in [-0.2, -0.15) is 0 Å². The van der Waals surface area contributed by atoms with Gasteiger partial charge < -0.3 is 15.1 Å². The Morgan fingerprint density at radius 2 is 1.90 bits per heavy atom. The summed E-state index contributed by atoms with van der Waals surface area (Å²) in [7, 11) is 4.27. The maximum absolute atomic E-state index is 12.6. The van der Waals surface area contributed by atoms with Crippen LogP contribution in [0.2, 0.25) is 0 Å². The third-order valence-electron chi connectivity index (χ3n) is 5.73. The highest BCUT2D eigenvalue weighted by atomic mass is 32.1. The summed E-state index contributed by atoms with van der Waals surface area (Å²) in [4.78, 5) is 21.8. The Morgan fingerprint density at radius 3 is 2.53 bits per heavy atom. The van der Waals surface area contributed by atoms with E-state index in [0.717, 1.165) is 35.8 Å². The van der Waals surface area contributed by atoms with E-state index in [2.05, 4.69) is 77.5 Å². The number of benzene rings is 2. The number of likely N-dealkylation sites (N-methyl/N-ethyl adjacent to an activating group) is 1. The molecule has 1 amide bonds. The number of hydrogen-bond acceptors (Lipinski definition) is 5. The first kappa shape index (κ1) is 20.6. The van der Waals surface area contributed by atoms with Gasteiger partial charge >= 0.3 is 0 Å². The van der Waals surface area contributed by atoms with E-state index in [0.29, 0.717) is 11.7 Å². The Hall–Kier alpha value is -2.70. The number of thiazole rings is 1. The van der Waals surface area contributed by atoms with Gasteiger partial charge in [-0.25, -0.2) is 4.98 Å². The molecule has 0 aliphatic carbocycles. The van der Waals surface area contributed by atoms with Gasteiger partial charge in [-0.15, -0.1) is 11.3 Å². The van der Waals surface area contributed by atoms with Crippen LogP contribution in [0.3, 0.4) is 0 Å². The van der Waals surface area contributed by atoms with Gasteiger partial charge in [0, 0.05) is 41.4 Å². The fraction of sp³-hybridized carbons (Fsp3) is 0.333. The summed E-state index contributed by atoms with van der Waals surface area (Å²) >= 11 is 1.49. The number of nitrogens with one attached hydrogen (secondary N) is 1. The summed E-state index contributed by atoms with van der Waals surface area (Å²) in [5.74, 6) is -0.177. The summed E-state index contributed by atoms with van der Waals surface area (Å²) in [5.41, 5.74) is 4.77. The minimum Gasteiger partial charge on any atom is -0.370 e. The number of anilines is 2. The minimum atomic E-state index is -0.177. The van der Waals surface area contributed by atoms with Crippen LogP contribution >= 0.6 is 11.3 Å². The van der Waals surface area contributed by atoms with Crippen molar-refractivity contribution >= 4 is 28.6 Å². The molecule has 0 bridgehead atoms. The monoisotopic (exact) mass is 420 g/mol. The highest BCUT2D eigenvalue weighted by Crippen LogP contribution is 2.26. The molecule has 1 aliphatic heterocycles. The van der Waals surface area contributed by atoms with Crippen molar-refractivity contribution < 1.29 is 4.79 Å². The van der Waals surface area contributed by atoms with E-state index in [1.165, 1.54) is 29.0 Å². The minimum absolute atomic E-state index is 0.177. The Kier molecular flexibility index (Phi) is 6.16. The molecule has 156 valence electrons. The second-order valence-electron chi connectivity index (χ2n) is 7.94. The molecule has 0 radical (unpaired) electrons. The van der Waals surface area contributed by atoms with Gasteiger partial charge in [-0.05, 0) is 56.8 Å². The summed E-state index contributed by atoms with van der Waals surface area (Å²) in [6.45, 7) is 4.24. The number of aromatic nitrogens is 1. The molecule has 2 heterocycles. The zero-order valence-corrected chi connectivity index (χ0v) is 18.6. The summed E-state index contributed by atoms with van der Waals surface area (Å²) in [6, 6.07) is 17.0. The van der Waals surface area contributed by atoms with Crippen LogP contribution in [0.15, 0.2) is 53.9 Å². The fourth-order valence-electron chi connectivity index (χ4n) is 3.74.